The van der Waals surface area contributed by atoms with E-state index >= 15 is 0 Å². The van der Waals surface area contributed by atoms with Gasteiger partial charge in [0.05, 0.1) is 4.90 Å². The largest absolute Gasteiger partial charge is 0.354 e. The smallest absolute Gasteiger partial charge is 0.243 e. The molecule has 0 amide bonds. The van der Waals surface area contributed by atoms with Crippen molar-refractivity contribution >= 4 is 33.4 Å². The lowest BCUT2D eigenvalue weighted by Gasteiger charge is -2.35. The normalized spacial score (nSPS) is 18.4. The summed E-state index contributed by atoms with van der Waals surface area (Å²) in [4.78, 5) is 14.0. The SMILES string of the molecule is Cc1cc(N2CCN(S(=O)(=O)c3ccc(C)c(Cl)c3)CC2)nc(N2CCCC2)n1. The van der Waals surface area contributed by atoms with Crippen LogP contribution in [0, 0.1) is 13.8 Å². The Bertz CT molecular complexity index is 1000. The number of aryl methyl sites for hydroxylation is 2. The van der Waals surface area contributed by atoms with Gasteiger partial charge in [-0.15, -0.1) is 0 Å². The molecule has 2 aliphatic rings. The summed E-state index contributed by atoms with van der Waals surface area (Å²) in [6.07, 6.45) is 2.35. The summed E-state index contributed by atoms with van der Waals surface area (Å²) in [6, 6.07) is 6.88. The second-order valence-corrected chi connectivity index (χ2v) is 10.0. The molecule has 9 heteroatoms. The lowest BCUT2D eigenvalue weighted by atomic mass is 10.2. The second kappa shape index (κ2) is 8.08. The van der Waals surface area contributed by atoms with Crippen LogP contribution in [0.4, 0.5) is 11.8 Å². The fraction of sp³-hybridized carbons (Fsp3) is 0.500. The van der Waals surface area contributed by atoms with Gasteiger partial charge in [-0.3, -0.25) is 0 Å². The number of halogens is 1. The number of aromatic nitrogens is 2. The summed E-state index contributed by atoms with van der Waals surface area (Å²) >= 11 is 6.14. The highest BCUT2D eigenvalue weighted by Crippen LogP contribution is 2.26. The molecule has 0 radical (unpaired) electrons. The van der Waals surface area contributed by atoms with Crippen molar-refractivity contribution in [3.63, 3.8) is 0 Å². The van der Waals surface area contributed by atoms with Crippen LogP contribution < -0.4 is 9.80 Å². The average Bonchev–Trinajstić information content (AvgIpc) is 3.24. The minimum Gasteiger partial charge on any atom is -0.354 e. The van der Waals surface area contributed by atoms with Crippen LogP contribution in [-0.2, 0) is 10.0 Å². The van der Waals surface area contributed by atoms with Gasteiger partial charge in [0.2, 0.25) is 16.0 Å². The third kappa shape index (κ3) is 4.20. The van der Waals surface area contributed by atoms with E-state index in [0.717, 1.165) is 36.1 Å². The predicted molar refractivity (Wildman–Crippen MR) is 115 cm³/mol. The Morgan fingerprint density at radius 3 is 2.24 bits per heavy atom. The van der Waals surface area contributed by atoms with Gasteiger partial charge in [0, 0.05) is 56.1 Å². The summed E-state index contributed by atoms with van der Waals surface area (Å²) < 4.78 is 27.5. The Labute approximate surface area is 177 Å². The molecule has 7 nitrogen and oxygen atoms in total. The zero-order valence-electron chi connectivity index (χ0n) is 16.8. The zero-order valence-corrected chi connectivity index (χ0v) is 18.4. The van der Waals surface area contributed by atoms with E-state index in [1.807, 2.05) is 19.9 Å². The van der Waals surface area contributed by atoms with Gasteiger partial charge in [0.1, 0.15) is 5.82 Å². The van der Waals surface area contributed by atoms with Crippen molar-refractivity contribution in [2.24, 2.45) is 0 Å². The van der Waals surface area contributed by atoms with Crippen molar-refractivity contribution in [2.45, 2.75) is 31.6 Å². The Morgan fingerprint density at radius 2 is 1.59 bits per heavy atom. The Balaban J connectivity index is 1.48. The molecule has 4 rings (SSSR count). The van der Waals surface area contributed by atoms with Crippen LogP contribution >= 0.6 is 11.6 Å². The van der Waals surface area contributed by atoms with Crippen LogP contribution in [0.5, 0.6) is 0 Å². The molecule has 0 atom stereocenters. The molecule has 29 heavy (non-hydrogen) atoms. The first-order valence-electron chi connectivity index (χ1n) is 9.96. The van der Waals surface area contributed by atoms with Gasteiger partial charge in [-0.1, -0.05) is 17.7 Å². The van der Waals surface area contributed by atoms with E-state index in [1.54, 1.807) is 12.1 Å². The van der Waals surface area contributed by atoms with Crippen LogP contribution in [0.15, 0.2) is 29.2 Å². The maximum Gasteiger partial charge on any atom is 0.243 e. The van der Waals surface area contributed by atoms with Gasteiger partial charge in [-0.2, -0.15) is 9.29 Å². The molecule has 0 saturated carbocycles. The number of hydrogen-bond donors (Lipinski definition) is 0. The first-order chi connectivity index (χ1) is 13.8. The maximum absolute atomic E-state index is 13.0. The molecule has 2 fully saturated rings. The summed E-state index contributed by atoms with van der Waals surface area (Å²) in [5.74, 6) is 1.65. The molecular formula is C20H26ClN5O2S. The molecular weight excluding hydrogens is 410 g/mol. The molecule has 0 aliphatic carbocycles. The van der Waals surface area contributed by atoms with Gasteiger partial charge in [-0.25, -0.2) is 13.4 Å². The third-order valence-corrected chi connectivity index (χ3v) is 7.86. The zero-order chi connectivity index (χ0) is 20.6. The summed E-state index contributed by atoms with van der Waals surface area (Å²) in [5, 5.41) is 0.468. The van der Waals surface area contributed by atoms with Crippen molar-refractivity contribution in [1.82, 2.24) is 14.3 Å². The molecule has 1 aromatic heterocycles. The minimum absolute atomic E-state index is 0.246. The maximum atomic E-state index is 13.0. The molecule has 2 aromatic rings. The third-order valence-electron chi connectivity index (χ3n) is 5.56. The van der Waals surface area contributed by atoms with Crippen molar-refractivity contribution in [2.75, 3.05) is 49.1 Å². The number of nitrogens with zero attached hydrogens (tertiary/aromatic N) is 5. The number of benzene rings is 1. The van der Waals surface area contributed by atoms with E-state index in [2.05, 4.69) is 14.8 Å². The Morgan fingerprint density at radius 1 is 0.897 bits per heavy atom. The van der Waals surface area contributed by atoms with Gasteiger partial charge >= 0.3 is 0 Å². The summed E-state index contributed by atoms with van der Waals surface area (Å²) in [6.45, 7) is 7.83. The fourth-order valence-corrected chi connectivity index (χ4v) is 5.49. The van der Waals surface area contributed by atoms with Crippen molar-refractivity contribution in [1.29, 1.82) is 0 Å². The van der Waals surface area contributed by atoms with Crippen LogP contribution in [-0.4, -0.2) is 62.0 Å². The molecule has 0 bridgehead atoms. The van der Waals surface area contributed by atoms with E-state index < -0.39 is 10.0 Å². The summed E-state index contributed by atoms with van der Waals surface area (Å²) in [5.41, 5.74) is 1.80. The van der Waals surface area contributed by atoms with Crippen molar-refractivity contribution in [3.8, 4) is 0 Å². The van der Waals surface area contributed by atoms with Crippen LogP contribution in [0.1, 0.15) is 24.1 Å². The number of anilines is 2. The molecule has 2 aliphatic heterocycles. The molecule has 2 saturated heterocycles. The highest BCUT2D eigenvalue weighted by molar-refractivity contribution is 7.89. The summed E-state index contributed by atoms with van der Waals surface area (Å²) in [7, 11) is -3.56. The first kappa shape index (κ1) is 20.4. The van der Waals surface area contributed by atoms with E-state index in [4.69, 9.17) is 16.6 Å². The first-order valence-corrected chi connectivity index (χ1v) is 11.8. The number of sulfonamides is 1. The monoisotopic (exact) mass is 435 g/mol. The van der Waals surface area contributed by atoms with Crippen LogP contribution in [0.2, 0.25) is 5.02 Å². The molecule has 156 valence electrons. The standard InChI is InChI=1S/C20H26ClN5O2S/c1-15-5-6-17(14-18(15)21)29(27,28)26-11-9-24(10-12-26)19-13-16(2)22-20(23-19)25-7-3-4-8-25/h5-6,13-14H,3-4,7-12H2,1-2H3. The van der Waals surface area contributed by atoms with Crippen LogP contribution in [0.3, 0.4) is 0 Å². The molecule has 0 spiro atoms. The molecule has 3 heterocycles. The fourth-order valence-electron chi connectivity index (χ4n) is 3.80. The second-order valence-electron chi connectivity index (χ2n) is 7.66. The van der Waals surface area contributed by atoms with E-state index in [9.17, 15) is 8.42 Å². The van der Waals surface area contributed by atoms with Crippen LogP contribution in [0.25, 0.3) is 0 Å². The minimum atomic E-state index is -3.56. The van der Waals surface area contributed by atoms with E-state index in [1.165, 1.54) is 23.2 Å². The number of hydrogen-bond acceptors (Lipinski definition) is 6. The van der Waals surface area contributed by atoms with E-state index in [0.29, 0.717) is 31.2 Å². The van der Waals surface area contributed by atoms with E-state index in [-0.39, 0.29) is 4.90 Å². The van der Waals surface area contributed by atoms with Gasteiger partial charge in [0.15, 0.2) is 0 Å². The van der Waals surface area contributed by atoms with Crippen molar-refractivity contribution in [3.05, 3.63) is 40.5 Å². The average molecular weight is 436 g/mol. The Kier molecular flexibility index (Phi) is 5.68. The lowest BCUT2D eigenvalue weighted by molar-refractivity contribution is 0.383. The Hall–Kier alpha value is -1.90. The quantitative estimate of drug-likeness (QED) is 0.735. The van der Waals surface area contributed by atoms with Crippen molar-refractivity contribution < 1.29 is 8.42 Å². The van der Waals surface area contributed by atoms with Gasteiger partial charge in [-0.05, 0) is 44.4 Å². The lowest BCUT2D eigenvalue weighted by Crippen LogP contribution is -2.49. The molecule has 1 aromatic carbocycles. The highest BCUT2D eigenvalue weighted by atomic mass is 35.5. The number of rotatable bonds is 4. The van der Waals surface area contributed by atoms with Gasteiger partial charge < -0.3 is 9.80 Å². The predicted octanol–water partition coefficient (Wildman–Crippen LogP) is 2.86. The van der Waals surface area contributed by atoms with Gasteiger partial charge in [0.25, 0.3) is 0 Å². The molecule has 0 N–H and O–H groups in total. The molecule has 0 unspecified atom stereocenters. The highest BCUT2D eigenvalue weighted by Gasteiger charge is 2.29. The number of piperazine rings is 1. The topological polar surface area (TPSA) is 69.6 Å².